The smallest absolute Gasteiger partial charge is 0.320 e. The summed E-state index contributed by atoms with van der Waals surface area (Å²) in [6.07, 6.45) is 17.0. The highest BCUT2D eigenvalue weighted by Gasteiger charge is 2.44. The number of nitrogens with zero attached hydrogens (tertiary/aromatic N) is 12. The molecule has 0 spiro atoms. The first-order valence-electron chi connectivity index (χ1n) is 40.1. The molecular formula is C83H88Cl2F8N14O11. The van der Waals surface area contributed by atoms with E-state index in [2.05, 4.69) is 20.6 Å². The van der Waals surface area contributed by atoms with Gasteiger partial charge in [0.25, 0.3) is 17.8 Å². The number of aromatic nitrogens is 6. The number of piperidine rings is 3. The molecule has 6 bridgehead atoms. The van der Waals surface area contributed by atoms with Gasteiger partial charge in [-0.3, -0.25) is 37.6 Å². The van der Waals surface area contributed by atoms with Crippen LogP contribution in [0.3, 0.4) is 0 Å². The van der Waals surface area contributed by atoms with Gasteiger partial charge in [0, 0.05) is 214 Å². The Balaban J connectivity index is 0.000000122. The Kier molecular flexibility index (Phi) is 23.6. The van der Waals surface area contributed by atoms with Crippen molar-refractivity contribution < 1.29 is 87.7 Å². The molecule has 8 aromatic rings. The Bertz CT molecular complexity index is 5290. The number of Topliss-reactive ketones (excluding diaryl/α,β-unsaturated/α-hetero) is 4. The summed E-state index contributed by atoms with van der Waals surface area (Å²) in [5, 5.41) is 6.25. The number of morpholine rings is 3. The summed E-state index contributed by atoms with van der Waals surface area (Å²) in [4.78, 5) is 119. The van der Waals surface area contributed by atoms with Crippen LogP contribution in [-0.4, -0.2) is 249 Å². The molecule has 0 radical (unpaired) electrons. The Hall–Kier alpha value is -9.64. The monoisotopic (exact) mass is 1680 g/mol. The lowest BCUT2D eigenvalue weighted by Crippen LogP contribution is -2.51. The molecule has 11 aliphatic heterocycles. The van der Waals surface area contributed by atoms with Gasteiger partial charge in [-0.1, -0.05) is 12.1 Å². The second kappa shape index (κ2) is 33.9. The molecule has 2 N–H and O–H groups in total. The lowest BCUT2D eigenvalue weighted by Gasteiger charge is -2.35. The van der Waals surface area contributed by atoms with E-state index in [1.165, 1.54) is 46.9 Å². The van der Waals surface area contributed by atoms with Gasteiger partial charge < -0.3 is 63.4 Å². The van der Waals surface area contributed by atoms with Gasteiger partial charge >= 0.3 is 22.8 Å². The highest BCUT2D eigenvalue weighted by atomic mass is 35.5. The number of nitrogens with one attached hydrogen (secondary N) is 2. The van der Waals surface area contributed by atoms with E-state index in [0.29, 0.717) is 143 Å². The standard InChI is InChI=1S/C30H26FN5O4.C29H24F3N5O3.C7H10ClNO2.C6H8ClF2NO.C6H11NO.C5H9F2N/c31-18-9-17-13-34(30(39)35-14-19-4-5-20(15-35)40-19)8-7-33-16-22(21(10-18)29(17)33)27-24(37)11-25(38)28(27)23-12-32-26-3-1-2-6-36(23)26;30-18-11-17-15-36(28(40)34-7-4-29(31,32)5-8-34)10-9-35-16-20(19(12-18)27(17)35)25-22(38)13-23(39)26(25)21-14-33-24-3-1-2-6-37(21)24;8-7(10)9-3-5-1-2-6(4-9)11-5;7-5(11)10-3-1-6(8,9)2-4-10;1-2-6-4-7-3-5(1)8-6;6-5(7)1-3-8-4-2-5/h1-3,6,9-10,12,16,19-20H,4-5,7-8,11,13-15H2;1-3,6,11-12,14,16H,4-5,7-10,13,15H2;5-6H,1-4H2;1-4H2;5-7H,1-4H2;8H,1-4H2. The van der Waals surface area contributed by atoms with Crippen molar-refractivity contribution >= 4 is 125 Å². The van der Waals surface area contributed by atoms with Crippen LogP contribution in [0.2, 0.25) is 0 Å². The number of amides is 6. The number of hydrogen-bond acceptors (Lipinski definition) is 15. The molecule has 2 aliphatic carbocycles. The second-order valence-corrected chi connectivity index (χ2v) is 32.8. The molecule has 9 fully saturated rings. The topological polar surface area (TPSA) is 252 Å². The third-order valence-corrected chi connectivity index (χ3v) is 24.5. The van der Waals surface area contributed by atoms with Gasteiger partial charge in [-0.2, -0.15) is 0 Å². The fraction of sp³-hybridized carbons (Fsp3) is 0.494. The summed E-state index contributed by atoms with van der Waals surface area (Å²) in [6.45, 7) is 7.58. The molecule has 118 heavy (non-hydrogen) atoms. The average Bonchev–Trinajstić information content (AvgIpc) is 1.58. The molecule has 6 unspecified atom stereocenters. The number of urea groups is 2. The van der Waals surface area contributed by atoms with Crippen molar-refractivity contribution in [1.82, 2.24) is 67.9 Å². The zero-order valence-electron chi connectivity index (χ0n) is 64.5. The van der Waals surface area contributed by atoms with Gasteiger partial charge in [0.15, 0.2) is 23.1 Å². The number of halogens is 10. The number of ketones is 4. The lowest BCUT2D eigenvalue weighted by molar-refractivity contribution is -0.121. The highest BCUT2D eigenvalue weighted by Crippen LogP contribution is 2.45. The van der Waals surface area contributed by atoms with Crippen molar-refractivity contribution in [2.45, 2.75) is 170 Å². The number of imidazole rings is 2. The van der Waals surface area contributed by atoms with Crippen molar-refractivity contribution in [1.29, 1.82) is 0 Å². The fourth-order valence-corrected chi connectivity index (χ4v) is 18.4. The summed E-state index contributed by atoms with van der Waals surface area (Å²) in [5.41, 5.74) is 7.11. The van der Waals surface area contributed by atoms with Crippen molar-refractivity contribution in [2.24, 2.45) is 0 Å². The number of benzene rings is 2. The Morgan fingerprint density at radius 1 is 0.432 bits per heavy atom. The van der Waals surface area contributed by atoms with Gasteiger partial charge in [0.1, 0.15) is 22.9 Å². The van der Waals surface area contributed by atoms with Crippen LogP contribution in [0.25, 0.3) is 55.4 Å². The number of hydrogen-bond donors (Lipinski definition) is 2. The molecule has 35 heteroatoms. The van der Waals surface area contributed by atoms with Crippen molar-refractivity contribution in [3.63, 3.8) is 0 Å². The van der Waals surface area contributed by atoms with Gasteiger partial charge in [-0.05, 0) is 121 Å². The zero-order chi connectivity index (χ0) is 82.6. The highest BCUT2D eigenvalue weighted by molar-refractivity contribution is 6.63. The number of alkyl halides is 6. The molecule has 25 nitrogen and oxygen atoms in total. The van der Waals surface area contributed by atoms with Crippen molar-refractivity contribution in [3.8, 4) is 0 Å². The molecule has 2 aromatic carbocycles. The largest absolute Gasteiger partial charge is 0.372 e. The fourth-order valence-electron chi connectivity index (χ4n) is 18.1. The van der Waals surface area contributed by atoms with Gasteiger partial charge in [-0.25, -0.2) is 54.7 Å². The van der Waals surface area contributed by atoms with E-state index in [-0.39, 0.29) is 173 Å². The molecule has 6 aromatic heterocycles. The first-order chi connectivity index (χ1) is 56.6. The van der Waals surface area contributed by atoms with E-state index < -0.39 is 34.8 Å². The van der Waals surface area contributed by atoms with Crippen LogP contribution < -0.4 is 10.6 Å². The minimum atomic E-state index is -2.77. The Morgan fingerprint density at radius 3 is 1.22 bits per heavy atom. The number of likely N-dealkylation sites (tertiary alicyclic amines) is 4. The minimum Gasteiger partial charge on any atom is -0.372 e. The van der Waals surface area contributed by atoms with E-state index >= 15 is 8.78 Å². The maximum atomic E-state index is 15.1. The van der Waals surface area contributed by atoms with Gasteiger partial charge in [0.05, 0.1) is 95.4 Å². The van der Waals surface area contributed by atoms with Crippen LogP contribution in [0.5, 0.6) is 0 Å². The summed E-state index contributed by atoms with van der Waals surface area (Å²) >= 11 is 10.4. The number of carbonyl (C=O) groups excluding carboxylic acids is 8. The molecule has 6 atom stereocenters. The third-order valence-electron chi connectivity index (χ3n) is 24.0. The van der Waals surface area contributed by atoms with Crippen LogP contribution in [0.1, 0.15) is 124 Å². The average molecular weight is 1680 g/mol. The van der Waals surface area contributed by atoms with Crippen LogP contribution in [0.4, 0.5) is 54.3 Å². The number of pyridine rings is 2. The quantitative estimate of drug-likeness (QED) is 0.0719. The van der Waals surface area contributed by atoms with E-state index in [0.717, 1.165) is 44.3 Å². The zero-order valence-corrected chi connectivity index (χ0v) is 66.0. The number of ether oxygens (including phenoxy) is 3. The molecule has 626 valence electrons. The molecule has 0 saturated carbocycles. The number of carbonyl (C=O) groups is 8. The lowest BCUT2D eigenvalue weighted by atomic mass is 9.98. The van der Waals surface area contributed by atoms with Crippen LogP contribution in [0, 0.1) is 11.6 Å². The molecular weight excluding hydrogens is 1590 g/mol. The first-order valence-corrected chi connectivity index (χ1v) is 40.9. The third kappa shape index (κ3) is 17.6. The predicted molar refractivity (Wildman–Crippen MR) is 419 cm³/mol. The maximum Gasteiger partial charge on any atom is 0.320 e. The molecule has 6 amide bonds. The van der Waals surface area contributed by atoms with Crippen LogP contribution >= 0.6 is 23.2 Å². The minimum absolute atomic E-state index is 0.00694. The molecule has 13 aliphatic rings. The first kappa shape index (κ1) is 82.1. The van der Waals surface area contributed by atoms with E-state index in [9.17, 15) is 64.7 Å². The molecule has 9 saturated heterocycles. The number of rotatable bonds is 4. The molecule has 17 heterocycles. The summed E-state index contributed by atoms with van der Waals surface area (Å²) in [5.74, 6) is -9.97. The summed E-state index contributed by atoms with van der Waals surface area (Å²) in [6, 6.07) is 16.2. The molecule has 21 rings (SSSR count). The van der Waals surface area contributed by atoms with E-state index in [4.69, 9.17) is 37.4 Å². The number of allylic oxidation sites excluding steroid dienone is 4. The van der Waals surface area contributed by atoms with Gasteiger partial charge in [0.2, 0.25) is 0 Å². The van der Waals surface area contributed by atoms with Crippen molar-refractivity contribution in [2.75, 3.05) is 91.6 Å². The van der Waals surface area contributed by atoms with Crippen LogP contribution in [-0.2, 0) is 59.6 Å². The summed E-state index contributed by atoms with van der Waals surface area (Å²) in [7, 11) is 0. The summed E-state index contributed by atoms with van der Waals surface area (Å²) < 4.78 is 131. The second-order valence-electron chi connectivity index (χ2n) is 32.1. The Morgan fingerprint density at radius 2 is 0.814 bits per heavy atom. The number of fused-ring (bicyclic) bond motifs is 8. The SMILES string of the molecule is C1CC2CNCC1O2.FC1(F)CCNCC1.O=C(Cl)N1CC2CCC(C1)O2.O=C(Cl)N1CCC(F)(F)CC1.O=C1CC(=O)C(c2cnc3ccccn23)=C1c1cn2c3c(cc(F)cc13)CN(C(=O)N1CC3CCC(C1)O3)CC2.O=C1CC(=O)C(c2cnc3ccccn23)=C1c1cn2c3c(cc(F)cc13)CN(C(=O)N1CCC(F)(F)CC1)CC2. The Labute approximate surface area is 682 Å². The van der Waals surface area contributed by atoms with Crippen LogP contribution in [0.15, 0.2) is 97.8 Å². The maximum absolute atomic E-state index is 15.1. The van der Waals surface area contributed by atoms with Gasteiger partial charge in [-0.15, -0.1) is 0 Å². The van der Waals surface area contributed by atoms with E-state index in [1.54, 1.807) is 54.4 Å². The normalized spacial score (nSPS) is 24.7. The van der Waals surface area contributed by atoms with Crippen molar-refractivity contribution in [3.05, 3.63) is 143 Å². The van der Waals surface area contributed by atoms with E-state index in [1.807, 2.05) is 56.8 Å². The predicted octanol–water partition coefficient (Wildman–Crippen LogP) is 12.7.